The predicted octanol–water partition coefficient (Wildman–Crippen LogP) is 1.94. The number of likely N-dealkylation sites (tertiary alicyclic amines) is 1. The molecule has 15 heavy (non-hydrogen) atoms. The number of hydrogen-bond donors (Lipinski definition) is 1. The van der Waals surface area contributed by atoms with E-state index >= 15 is 0 Å². The number of hydrogen-bond acceptors (Lipinski definition) is 3. The van der Waals surface area contributed by atoms with Crippen molar-refractivity contribution >= 4 is 11.8 Å². The molecule has 2 aliphatic heterocycles. The van der Waals surface area contributed by atoms with E-state index in [0.717, 1.165) is 6.04 Å². The fourth-order valence-electron chi connectivity index (χ4n) is 2.75. The lowest BCUT2D eigenvalue weighted by molar-refractivity contribution is 0.0747. The van der Waals surface area contributed by atoms with Gasteiger partial charge < -0.3 is 5.73 Å². The van der Waals surface area contributed by atoms with Gasteiger partial charge in [0.25, 0.3) is 0 Å². The SMILES string of the molecule is CC1(C)CCSCC1N1CCC(N)CC1. The van der Waals surface area contributed by atoms with Crippen LogP contribution in [0, 0.1) is 5.41 Å². The first-order chi connectivity index (χ1) is 7.09. The van der Waals surface area contributed by atoms with Crippen molar-refractivity contribution in [3.8, 4) is 0 Å². The van der Waals surface area contributed by atoms with Crippen LogP contribution in [0.2, 0.25) is 0 Å². The largest absolute Gasteiger partial charge is 0.328 e. The molecule has 2 aliphatic rings. The average Bonchev–Trinajstić information content (AvgIpc) is 2.19. The maximum Gasteiger partial charge on any atom is 0.0237 e. The van der Waals surface area contributed by atoms with Gasteiger partial charge in [0.1, 0.15) is 0 Å². The normalized spacial score (nSPS) is 34.2. The maximum absolute atomic E-state index is 5.96. The highest BCUT2D eigenvalue weighted by atomic mass is 32.2. The summed E-state index contributed by atoms with van der Waals surface area (Å²) in [5, 5.41) is 0. The van der Waals surface area contributed by atoms with Crippen LogP contribution in [0.15, 0.2) is 0 Å². The zero-order valence-electron chi connectivity index (χ0n) is 10.0. The van der Waals surface area contributed by atoms with E-state index in [1.54, 1.807) is 0 Å². The van der Waals surface area contributed by atoms with Gasteiger partial charge in [0, 0.05) is 17.8 Å². The Labute approximate surface area is 98.0 Å². The Hall–Kier alpha value is 0.270. The number of thioether (sulfide) groups is 1. The molecule has 0 aromatic carbocycles. The second-order valence-electron chi connectivity index (χ2n) is 5.70. The van der Waals surface area contributed by atoms with Gasteiger partial charge in [-0.3, -0.25) is 4.90 Å². The molecule has 2 heterocycles. The van der Waals surface area contributed by atoms with Crippen LogP contribution in [0.25, 0.3) is 0 Å². The van der Waals surface area contributed by atoms with Gasteiger partial charge in [-0.2, -0.15) is 11.8 Å². The van der Waals surface area contributed by atoms with Gasteiger partial charge in [0.2, 0.25) is 0 Å². The predicted molar refractivity (Wildman–Crippen MR) is 68.3 cm³/mol. The van der Waals surface area contributed by atoms with E-state index in [1.807, 2.05) is 0 Å². The van der Waals surface area contributed by atoms with Crippen LogP contribution in [0.1, 0.15) is 33.1 Å². The van der Waals surface area contributed by atoms with Gasteiger partial charge in [-0.25, -0.2) is 0 Å². The van der Waals surface area contributed by atoms with E-state index in [2.05, 4.69) is 30.5 Å². The van der Waals surface area contributed by atoms with Gasteiger partial charge in [0.15, 0.2) is 0 Å². The highest BCUT2D eigenvalue weighted by Gasteiger charge is 2.37. The summed E-state index contributed by atoms with van der Waals surface area (Å²) < 4.78 is 0. The summed E-state index contributed by atoms with van der Waals surface area (Å²) in [6.07, 6.45) is 3.75. The van der Waals surface area contributed by atoms with E-state index in [0.29, 0.717) is 11.5 Å². The zero-order chi connectivity index (χ0) is 10.9. The Morgan fingerprint density at radius 2 is 1.93 bits per heavy atom. The molecule has 2 rings (SSSR count). The van der Waals surface area contributed by atoms with Crippen molar-refractivity contribution in [3.05, 3.63) is 0 Å². The first kappa shape index (κ1) is 11.7. The van der Waals surface area contributed by atoms with E-state index in [-0.39, 0.29) is 0 Å². The minimum absolute atomic E-state index is 0.459. The second-order valence-corrected chi connectivity index (χ2v) is 6.85. The van der Waals surface area contributed by atoms with Crippen LogP contribution >= 0.6 is 11.8 Å². The molecule has 0 aliphatic carbocycles. The van der Waals surface area contributed by atoms with Crippen molar-refractivity contribution in [1.82, 2.24) is 4.90 Å². The Morgan fingerprint density at radius 1 is 1.27 bits per heavy atom. The number of piperidine rings is 1. The summed E-state index contributed by atoms with van der Waals surface area (Å²) in [7, 11) is 0. The van der Waals surface area contributed by atoms with Crippen LogP contribution in [0.4, 0.5) is 0 Å². The molecular formula is C12H24N2S. The van der Waals surface area contributed by atoms with Crippen LogP contribution in [0.3, 0.4) is 0 Å². The molecule has 88 valence electrons. The standard InChI is InChI=1S/C12H24N2S/c1-12(2)5-8-15-9-11(12)14-6-3-10(13)4-7-14/h10-11H,3-9,13H2,1-2H3. The summed E-state index contributed by atoms with van der Waals surface area (Å²) in [6, 6.07) is 1.24. The molecule has 2 N–H and O–H groups in total. The van der Waals surface area contributed by atoms with Crippen molar-refractivity contribution in [2.24, 2.45) is 11.1 Å². The van der Waals surface area contributed by atoms with Crippen LogP contribution in [0.5, 0.6) is 0 Å². The molecule has 3 heteroatoms. The molecule has 0 aromatic heterocycles. The summed E-state index contributed by atoms with van der Waals surface area (Å²) in [6.45, 7) is 7.31. The van der Waals surface area contributed by atoms with Crippen molar-refractivity contribution in [1.29, 1.82) is 0 Å². The molecule has 0 saturated carbocycles. The minimum Gasteiger partial charge on any atom is -0.328 e. The quantitative estimate of drug-likeness (QED) is 0.744. The Kier molecular flexibility index (Phi) is 3.63. The molecule has 0 radical (unpaired) electrons. The number of nitrogens with two attached hydrogens (primary N) is 1. The first-order valence-electron chi connectivity index (χ1n) is 6.17. The van der Waals surface area contributed by atoms with Crippen LogP contribution in [-0.2, 0) is 0 Å². The minimum atomic E-state index is 0.459. The summed E-state index contributed by atoms with van der Waals surface area (Å²) in [5.74, 6) is 2.67. The Morgan fingerprint density at radius 3 is 2.53 bits per heavy atom. The van der Waals surface area contributed by atoms with Gasteiger partial charge in [-0.1, -0.05) is 13.8 Å². The van der Waals surface area contributed by atoms with Gasteiger partial charge in [-0.15, -0.1) is 0 Å². The third kappa shape index (κ3) is 2.69. The van der Waals surface area contributed by atoms with E-state index in [9.17, 15) is 0 Å². The van der Waals surface area contributed by atoms with Crippen molar-refractivity contribution in [2.75, 3.05) is 24.6 Å². The molecule has 0 bridgehead atoms. The second kappa shape index (κ2) is 4.64. The van der Waals surface area contributed by atoms with Crippen LogP contribution < -0.4 is 5.73 Å². The van der Waals surface area contributed by atoms with E-state index in [1.165, 1.54) is 43.9 Å². The topological polar surface area (TPSA) is 29.3 Å². The third-order valence-electron chi connectivity index (χ3n) is 4.08. The summed E-state index contributed by atoms with van der Waals surface area (Å²) in [4.78, 5) is 2.69. The zero-order valence-corrected chi connectivity index (χ0v) is 10.9. The molecule has 1 unspecified atom stereocenters. The monoisotopic (exact) mass is 228 g/mol. The first-order valence-corrected chi connectivity index (χ1v) is 7.32. The smallest absolute Gasteiger partial charge is 0.0237 e. The fraction of sp³-hybridized carbons (Fsp3) is 1.00. The maximum atomic E-state index is 5.96. The fourth-order valence-corrected chi connectivity index (χ4v) is 4.48. The molecule has 1 atom stereocenters. The van der Waals surface area contributed by atoms with Crippen molar-refractivity contribution < 1.29 is 0 Å². The molecule has 0 aromatic rings. The van der Waals surface area contributed by atoms with Crippen molar-refractivity contribution in [2.45, 2.75) is 45.2 Å². The molecule has 2 saturated heterocycles. The van der Waals surface area contributed by atoms with E-state index < -0.39 is 0 Å². The van der Waals surface area contributed by atoms with Crippen LogP contribution in [-0.4, -0.2) is 41.6 Å². The molecule has 2 fully saturated rings. The summed E-state index contributed by atoms with van der Waals surface area (Å²) >= 11 is 2.13. The van der Waals surface area contributed by atoms with E-state index in [4.69, 9.17) is 5.73 Å². The summed E-state index contributed by atoms with van der Waals surface area (Å²) in [5.41, 5.74) is 6.47. The Bertz CT molecular complexity index is 210. The highest BCUT2D eigenvalue weighted by molar-refractivity contribution is 7.99. The number of nitrogens with zero attached hydrogens (tertiary/aromatic N) is 1. The molecule has 2 nitrogen and oxygen atoms in total. The molecular weight excluding hydrogens is 204 g/mol. The molecule has 0 amide bonds. The lowest BCUT2D eigenvalue weighted by Crippen LogP contribution is -2.53. The van der Waals surface area contributed by atoms with Crippen molar-refractivity contribution in [3.63, 3.8) is 0 Å². The average molecular weight is 228 g/mol. The van der Waals surface area contributed by atoms with Gasteiger partial charge in [0.05, 0.1) is 0 Å². The third-order valence-corrected chi connectivity index (χ3v) is 5.13. The lowest BCUT2D eigenvalue weighted by Gasteiger charge is -2.47. The number of rotatable bonds is 1. The Balaban J connectivity index is 1.96. The highest BCUT2D eigenvalue weighted by Crippen LogP contribution is 2.38. The molecule has 0 spiro atoms. The van der Waals surface area contributed by atoms with Gasteiger partial charge in [-0.05, 0) is 43.5 Å². The lowest BCUT2D eigenvalue weighted by atomic mass is 9.80. The van der Waals surface area contributed by atoms with Gasteiger partial charge >= 0.3 is 0 Å².